The van der Waals surface area contributed by atoms with Crippen molar-refractivity contribution in [3.63, 3.8) is 0 Å². The summed E-state index contributed by atoms with van der Waals surface area (Å²) < 4.78 is 13.6. The van der Waals surface area contributed by atoms with Crippen molar-refractivity contribution < 1.29 is 14.3 Å². The molecule has 0 radical (unpaired) electrons. The van der Waals surface area contributed by atoms with Crippen molar-refractivity contribution in [2.45, 2.75) is 0 Å². The fourth-order valence-electron chi connectivity index (χ4n) is 1.96. The van der Waals surface area contributed by atoms with Crippen molar-refractivity contribution in [2.24, 2.45) is 0 Å². The first kappa shape index (κ1) is 14.1. The summed E-state index contributed by atoms with van der Waals surface area (Å²) in [6.45, 7) is 3.69. The highest BCUT2D eigenvalue weighted by atomic mass is 32.2. The number of carboxylic acid groups (broad SMARTS) is 1. The van der Waals surface area contributed by atoms with Crippen molar-refractivity contribution in [1.82, 2.24) is 4.90 Å². The lowest BCUT2D eigenvalue weighted by Crippen LogP contribution is -2.36. The zero-order valence-electron chi connectivity index (χ0n) is 10.6. The van der Waals surface area contributed by atoms with Gasteiger partial charge in [0.25, 0.3) is 0 Å². The van der Waals surface area contributed by atoms with Crippen LogP contribution in [0.1, 0.15) is 10.4 Å². The zero-order valence-corrected chi connectivity index (χ0v) is 11.4. The van der Waals surface area contributed by atoms with Gasteiger partial charge in [-0.1, -0.05) is 0 Å². The average molecular weight is 284 g/mol. The van der Waals surface area contributed by atoms with Gasteiger partial charge < -0.3 is 10.4 Å². The molecule has 4 nitrogen and oxygen atoms in total. The minimum absolute atomic E-state index is 0.0314. The molecule has 6 heteroatoms. The van der Waals surface area contributed by atoms with E-state index in [4.69, 9.17) is 5.11 Å². The SMILES string of the molecule is O=C(O)c1ccc(NCCN2CCSCC2)c(F)c1. The van der Waals surface area contributed by atoms with Crippen LogP contribution in [-0.2, 0) is 0 Å². The number of carboxylic acids is 1. The molecule has 2 rings (SSSR count). The zero-order chi connectivity index (χ0) is 13.7. The van der Waals surface area contributed by atoms with E-state index in [0.29, 0.717) is 12.2 Å². The van der Waals surface area contributed by atoms with E-state index in [1.165, 1.54) is 12.1 Å². The Kier molecular flexibility index (Phi) is 5.04. The van der Waals surface area contributed by atoms with Crippen LogP contribution in [0.4, 0.5) is 10.1 Å². The topological polar surface area (TPSA) is 52.6 Å². The third-order valence-corrected chi connectivity index (χ3v) is 4.01. The van der Waals surface area contributed by atoms with Crippen molar-refractivity contribution in [3.8, 4) is 0 Å². The number of hydrogen-bond donors (Lipinski definition) is 2. The Morgan fingerprint density at radius 1 is 1.42 bits per heavy atom. The molecule has 1 aliphatic rings. The van der Waals surface area contributed by atoms with Gasteiger partial charge in [0.2, 0.25) is 0 Å². The van der Waals surface area contributed by atoms with Crippen molar-refractivity contribution in [1.29, 1.82) is 0 Å². The molecule has 0 atom stereocenters. The standard InChI is InChI=1S/C13H17FN2O2S/c14-11-9-10(13(17)18)1-2-12(11)15-3-4-16-5-7-19-8-6-16/h1-2,9,15H,3-8H2,(H,17,18). The largest absolute Gasteiger partial charge is 0.478 e. The molecule has 0 bridgehead atoms. The maximum Gasteiger partial charge on any atom is 0.335 e. The normalized spacial score (nSPS) is 16.3. The van der Waals surface area contributed by atoms with Gasteiger partial charge in [0.05, 0.1) is 11.3 Å². The second kappa shape index (κ2) is 6.77. The van der Waals surface area contributed by atoms with E-state index in [9.17, 15) is 9.18 Å². The molecule has 1 saturated heterocycles. The molecule has 1 heterocycles. The third kappa shape index (κ3) is 4.11. The van der Waals surface area contributed by atoms with Gasteiger partial charge in [-0.2, -0.15) is 11.8 Å². The summed E-state index contributed by atoms with van der Waals surface area (Å²) >= 11 is 1.96. The number of nitrogens with one attached hydrogen (secondary N) is 1. The van der Waals surface area contributed by atoms with E-state index < -0.39 is 11.8 Å². The van der Waals surface area contributed by atoms with E-state index in [2.05, 4.69) is 10.2 Å². The van der Waals surface area contributed by atoms with Gasteiger partial charge in [0, 0.05) is 37.7 Å². The first-order valence-corrected chi connectivity index (χ1v) is 7.39. The monoisotopic (exact) mass is 284 g/mol. The van der Waals surface area contributed by atoms with Crippen LogP contribution in [0.3, 0.4) is 0 Å². The molecule has 0 amide bonds. The summed E-state index contributed by atoms with van der Waals surface area (Å²) in [4.78, 5) is 13.0. The summed E-state index contributed by atoms with van der Waals surface area (Å²) in [5.74, 6) is 0.675. The maximum atomic E-state index is 13.6. The molecule has 1 aromatic rings. The quantitative estimate of drug-likeness (QED) is 0.866. The maximum absolute atomic E-state index is 13.6. The van der Waals surface area contributed by atoms with Crippen LogP contribution in [0.25, 0.3) is 0 Å². The predicted octanol–water partition coefficient (Wildman–Crippen LogP) is 1.98. The van der Waals surface area contributed by atoms with Gasteiger partial charge >= 0.3 is 5.97 Å². The molecule has 0 aromatic heterocycles. The summed E-state index contributed by atoms with van der Waals surface area (Å²) in [6, 6.07) is 3.93. The second-order valence-electron chi connectivity index (χ2n) is 4.38. The van der Waals surface area contributed by atoms with E-state index >= 15 is 0 Å². The van der Waals surface area contributed by atoms with Crippen molar-refractivity contribution in [3.05, 3.63) is 29.6 Å². The smallest absolute Gasteiger partial charge is 0.335 e. The lowest BCUT2D eigenvalue weighted by Gasteiger charge is -2.26. The first-order chi connectivity index (χ1) is 9.16. The molecule has 0 spiro atoms. The molecule has 2 N–H and O–H groups in total. The van der Waals surface area contributed by atoms with Crippen LogP contribution in [-0.4, -0.2) is 53.7 Å². The van der Waals surface area contributed by atoms with E-state index in [1.807, 2.05) is 11.8 Å². The lowest BCUT2D eigenvalue weighted by atomic mass is 10.2. The molecule has 1 fully saturated rings. The van der Waals surface area contributed by atoms with Crippen LogP contribution < -0.4 is 5.32 Å². The van der Waals surface area contributed by atoms with Gasteiger partial charge in [-0.3, -0.25) is 4.90 Å². The Hall–Kier alpha value is -1.27. The van der Waals surface area contributed by atoms with Crippen molar-refractivity contribution >= 4 is 23.4 Å². The number of hydrogen-bond acceptors (Lipinski definition) is 4. The Labute approximate surface area is 116 Å². The van der Waals surface area contributed by atoms with E-state index in [1.54, 1.807) is 0 Å². The molecule has 104 valence electrons. The van der Waals surface area contributed by atoms with E-state index in [-0.39, 0.29) is 5.56 Å². The molecule has 0 unspecified atom stereocenters. The summed E-state index contributed by atoms with van der Waals surface area (Å²) in [6.07, 6.45) is 0. The second-order valence-corrected chi connectivity index (χ2v) is 5.61. The molecule has 0 saturated carbocycles. The molecule has 0 aliphatic carbocycles. The third-order valence-electron chi connectivity index (χ3n) is 3.06. The lowest BCUT2D eigenvalue weighted by molar-refractivity contribution is 0.0696. The number of anilines is 1. The fourth-order valence-corrected chi connectivity index (χ4v) is 2.94. The fraction of sp³-hybridized carbons (Fsp3) is 0.462. The number of thioether (sulfide) groups is 1. The highest BCUT2D eigenvalue weighted by Gasteiger charge is 2.11. The van der Waals surface area contributed by atoms with Crippen LogP contribution in [0.2, 0.25) is 0 Å². The number of aromatic carboxylic acids is 1. The number of carbonyl (C=O) groups is 1. The van der Waals surface area contributed by atoms with Crippen LogP contribution in [0.5, 0.6) is 0 Å². The van der Waals surface area contributed by atoms with Gasteiger partial charge in [-0.25, -0.2) is 9.18 Å². The van der Waals surface area contributed by atoms with Crippen LogP contribution >= 0.6 is 11.8 Å². The Morgan fingerprint density at radius 2 is 2.16 bits per heavy atom. The summed E-state index contributed by atoms with van der Waals surface area (Å²) in [7, 11) is 0. The van der Waals surface area contributed by atoms with Crippen LogP contribution in [0.15, 0.2) is 18.2 Å². The van der Waals surface area contributed by atoms with Crippen LogP contribution in [0, 0.1) is 5.82 Å². The van der Waals surface area contributed by atoms with E-state index in [0.717, 1.165) is 37.2 Å². The van der Waals surface area contributed by atoms with Gasteiger partial charge in [-0.05, 0) is 18.2 Å². The molecule has 19 heavy (non-hydrogen) atoms. The van der Waals surface area contributed by atoms with Gasteiger partial charge in [-0.15, -0.1) is 0 Å². The highest BCUT2D eigenvalue weighted by molar-refractivity contribution is 7.99. The Balaban J connectivity index is 1.83. The van der Waals surface area contributed by atoms with Gasteiger partial charge in [0.1, 0.15) is 5.82 Å². The molecular formula is C13H17FN2O2S. The molecular weight excluding hydrogens is 267 g/mol. The molecule has 1 aliphatic heterocycles. The first-order valence-electron chi connectivity index (χ1n) is 6.23. The highest BCUT2D eigenvalue weighted by Crippen LogP contribution is 2.16. The minimum atomic E-state index is -1.11. The average Bonchev–Trinajstić information content (AvgIpc) is 2.41. The summed E-state index contributed by atoms with van der Waals surface area (Å²) in [5, 5.41) is 11.8. The Bertz CT molecular complexity index is 450. The summed E-state index contributed by atoms with van der Waals surface area (Å²) in [5.41, 5.74) is 0.326. The molecule has 1 aromatic carbocycles. The minimum Gasteiger partial charge on any atom is -0.478 e. The predicted molar refractivity (Wildman–Crippen MR) is 75.6 cm³/mol. The number of halogens is 1. The van der Waals surface area contributed by atoms with Crippen molar-refractivity contribution in [2.75, 3.05) is 43.0 Å². The Morgan fingerprint density at radius 3 is 2.79 bits per heavy atom. The number of rotatable bonds is 5. The number of benzene rings is 1. The number of nitrogens with zero attached hydrogens (tertiary/aromatic N) is 1. The van der Waals surface area contributed by atoms with Gasteiger partial charge in [0.15, 0.2) is 0 Å².